The van der Waals surface area contributed by atoms with Gasteiger partial charge in [-0.2, -0.15) is 0 Å². The molecule has 0 spiro atoms. The minimum Gasteiger partial charge on any atom is -0.481 e. The van der Waals surface area contributed by atoms with E-state index in [1.165, 1.54) is 0 Å². The molecular formula is C13H16O3. The third-order valence-corrected chi connectivity index (χ3v) is 3.05. The first-order chi connectivity index (χ1) is 7.68. The SMILES string of the molecule is O=C(O)CCc1ccccc1C(O)C1CC1. The maximum Gasteiger partial charge on any atom is 0.303 e. The average Bonchev–Trinajstić information content (AvgIpc) is 3.09. The lowest BCUT2D eigenvalue weighted by Crippen LogP contribution is -2.06. The van der Waals surface area contributed by atoms with Crippen LogP contribution in [0.5, 0.6) is 0 Å². The predicted octanol–water partition coefficient (Wildman–Crippen LogP) is 2.15. The number of benzene rings is 1. The molecule has 1 aromatic carbocycles. The van der Waals surface area contributed by atoms with E-state index in [2.05, 4.69) is 0 Å². The second-order valence-electron chi connectivity index (χ2n) is 4.37. The van der Waals surface area contributed by atoms with Crippen molar-refractivity contribution in [3.05, 3.63) is 35.4 Å². The van der Waals surface area contributed by atoms with Crippen LogP contribution in [-0.4, -0.2) is 16.2 Å². The third kappa shape index (κ3) is 2.61. The summed E-state index contributed by atoms with van der Waals surface area (Å²) >= 11 is 0. The summed E-state index contributed by atoms with van der Waals surface area (Å²) in [7, 11) is 0. The lowest BCUT2D eigenvalue weighted by molar-refractivity contribution is -0.136. The minimum absolute atomic E-state index is 0.119. The molecule has 16 heavy (non-hydrogen) atoms. The molecule has 1 aromatic rings. The quantitative estimate of drug-likeness (QED) is 0.799. The molecule has 2 rings (SSSR count). The zero-order valence-corrected chi connectivity index (χ0v) is 9.10. The van der Waals surface area contributed by atoms with E-state index in [0.29, 0.717) is 12.3 Å². The van der Waals surface area contributed by atoms with Crippen molar-refractivity contribution in [3.63, 3.8) is 0 Å². The van der Waals surface area contributed by atoms with Crippen molar-refractivity contribution in [2.24, 2.45) is 5.92 Å². The van der Waals surface area contributed by atoms with Crippen LogP contribution in [0.4, 0.5) is 0 Å². The molecule has 0 bridgehead atoms. The van der Waals surface area contributed by atoms with Gasteiger partial charge in [0.25, 0.3) is 0 Å². The largest absolute Gasteiger partial charge is 0.481 e. The number of hydrogen-bond donors (Lipinski definition) is 2. The van der Waals surface area contributed by atoms with Gasteiger partial charge in [0.05, 0.1) is 6.10 Å². The Morgan fingerprint density at radius 3 is 2.69 bits per heavy atom. The summed E-state index contributed by atoms with van der Waals surface area (Å²) in [5.41, 5.74) is 1.87. The molecule has 1 aliphatic rings. The first-order valence-corrected chi connectivity index (χ1v) is 5.66. The Morgan fingerprint density at radius 2 is 2.06 bits per heavy atom. The number of aryl methyl sites for hydroxylation is 1. The van der Waals surface area contributed by atoms with Crippen molar-refractivity contribution in [2.45, 2.75) is 31.8 Å². The molecule has 1 atom stereocenters. The van der Waals surface area contributed by atoms with Crippen LogP contribution in [0.2, 0.25) is 0 Å². The zero-order valence-electron chi connectivity index (χ0n) is 9.10. The van der Waals surface area contributed by atoms with Gasteiger partial charge in [-0.1, -0.05) is 24.3 Å². The van der Waals surface area contributed by atoms with Gasteiger partial charge in [0.1, 0.15) is 0 Å². The monoisotopic (exact) mass is 220 g/mol. The van der Waals surface area contributed by atoms with Crippen LogP contribution >= 0.6 is 0 Å². The van der Waals surface area contributed by atoms with Gasteiger partial charge in [-0.25, -0.2) is 0 Å². The Kier molecular flexibility index (Phi) is 3.25. The summed E-state index contributed by atoms with van der Waals surface area (Å²) in [6.45, 7) is 0. The maximum atomic E-state index is 10.5. The number of carboxylic acids is 1. The molecule has 0 saturated heterocycles. The lowest BCUT2D eigenvalue weighted by atomic mass is 9.96. The van der Waals surface area contributed by atoms with Crippen LogP contribution in [0.1, 0.15) is 36.5 Å². The molecule has 1 aliphatic carbocycles. The molecule has 1 unspecified atom stereocenters. The molecule has 3 nitrogen and oxygen atoms in total. The Hall–Kier alpha value is -1.35. The van der Waals surface area contributed by atoms with Crippen LogP contribution in [0.15, 0.2) is 24.3 Å². The number of rotatable bonds is 5. The highest BCUT2D eigenvalue weighted by atomic mass is 16.4. The highest BCUT2D eigenvalue weighted by Gasteiger charge is 2.31. The highest BCUT2D eigenvalue weighted by Crippen LogP contribution is 2.41. The van der Waals surface area contributed by atoms with Crippen molar-refractivity contribution >= 4 is 5.97 Å². The van der Waals surface area contributed by atoms with Crippen LogP contribution in [-0.2, 0) is 11.2 Å². The Balaban J connectivity index is 2.12. The molecule has 0 aromatic heterocycles. The van der Waals surface area contributed by atoms with Gasteiger partial charge in [0.2, 0.25) is 0 Å². The van der Waals surface area contributed by atoms with E-state index in [4.69, 9.17) is 5.11 Å². The Morgan fingerprint density at radius 1 is 1.38 bits per heavy atom. The van der Waals surface area contributed by atoms with Crippen LogP contribution in [0, 0.1) is 5.92 Å². The van der Waals surface area contributed by atoms with Crippen LogP contribution < -0.4 is 0 Å². The normalized spacial score (nSPS) is 17.1. The highest BCUT2D eigenvalue weighted by molar-refractivity contribution is 5.67. The maximum absolute atomic E-state index is 10.5. The fourth-order valence-electron chi connectivity index (χ4n) is 1.96. The summed E-state index contributed by atoms with van der Waals surface area (Å²) in [5.74, 6) is -0.415. The van der Waals surface area contributed by atoms with Gasteiger partial charge in [-0.3, -0.25) is 4.79 Å². The van der Waals surface area contributed by atoms with E-state index < -0.39 is 12.1 Å². The van der Waals surface area contributed by atoms with E-state index in [1.807, 2.05) is 24.3 Å². The summed E-state index contributed by atoms with van der Waals surface area (Å²) in [6.07, 6.45) is 2.36. The molecule has 1 saturated carbocycles. The fraction of sp³-hybridized carbons (Fsp3) is 0.462. The summed E-state index contributed by atoms with van der Waals surface area (Å²) < 4.78 is 0. The number of hydrogen-bond acceptors (Lipinski definition) is 2. The topological polar surface area (TPSA) is 57.5 Å². The molecule has 1 fully saturated rings. The number of aliphatic carboxylic acids is 1. The zero-order chi connectivity index (χ0) is 11.5. The lowest BCUT2D eigenvalue weighted by Gasteiger charge is -2.14. The van der Waals surface area contributed by atoms with E-state index in [-0.39, 0.29) is 6.42 Å². The number of aliphatic hydroxyl groups is 1. The molecule has 0 aliphatic heterocycles. The summed E-state index contributed by atoms with van der Waals surface area (Å²) in [4.78, 5) is 10.5. The Labute approximate surface area is 94.7 Å². The van der Waals surface area contributed by atoms with E-state index >= 15 is 0 Å². The van der Waals surface area contributed by atoms with E-state index in [0.717, 1.165) is 24.0 Å². The second kappa shape index (κ2) is 4.66. The summed E-state index contributed by atoms with van der Waals surface area (Å²) in [5, 5.41) is 18.7. The number of carboxylic acid groups (broad SMARTS) is 1. The molecule has 0 amide bonds. The average molecular weight is 220 g/mol. The van der Waals surface area contributed by atoms with Crippen molar-refractivity contribution in [2.75, 3.05) is 0 Å². The number of carbonyl (C=O) groups is 1. The van der Waals surface area contributed by atoms with Crippen molar-refractivity contribution in [3.8, 4) is 0 Å². The van der Waals surface area contributed by atoms with E-state index in [1.54, 1.807) is 0 Å². The first-order valence-electron chi connectivity index (χ1n) is 5.66. The molecule has 0 radical (unpaired) electrons. The fourth-order valence-corrected chi connectivity index (χ4v) is 1.96. The van der Waals surface area contributed by atoms with E-state index in [9.17, 15) is 9.90 Å². The number of aliphatic hydroxyl groups excluding tert-OH is 1. The third-order valence-electron chi connectivity index (χ3n) is 3.05. The van der Waals surface area contributed by atoms with Gasteiger partial charge in [0.15, 0.2) is 0 Å². The molecule has 2 N–H and O–H groups in total. The minimum atomic E-state index is -0.796. The standard InChI is InChI=1S/C13H16O3/c14-12(15)8-7-9-3-1-2-4-11(9)13(16)10-5-6-10/h1-4,10,13,16H,5-8H2,(H,14,15). The summed E-state index contributed by atoms with van der Waals surface area (Å²) in [6, 6.07) is 7.59. The predicted molar refractivity (Wildman–Crippen MR) is 60.1 cm³/mol. The smallest absolute Gasteiger partial charge is 0.303 e. The van der Waals surface area contributed by atoms with Gasteiger partial charge in [0, 0.05) is 6.42 Å². The van der Waals surface area contributed by atoms with Crippen molar-refractivity contribution in [1.29, 1.82) is 0 Å². The van der Waals surface area contributed by atoms with Crippen LogP contribution in [0.3, 0.4) is 0 Å². The first kappa shape index (κ1) is 11.1. The van der Waals surface area contributed by atoms with Crippen LogP contribution in [0.25, 0.3) is 0 Å². The van der Waals surface area contributed by atoms with Gasteiger partial charge < -0.3 is 10.2 Å². The molecular weight excluding hydrogens is 204 g/mol. The molecule has 3 heteroatoms. The Bertz CT molecular complexity index is 383. The molecule has 86 valence electrons. The molecule has 0 heterocycles. The van der Waals surface area contributed by atoms with Gasteiger partial charge >= 0.3 is 5.97 Å². The van der Waals surface area contributed by atoms with Gasteiger partial charge in [-0.05, 0) is 36.3 Å². The van der Waals surface area contributed by atoms with Crippen molar-refractivity contribution in [1.82, 2.24) is 0 Å². The van der Waals surface area contributed by atoms with Crippen molar-refractivity contribution < 1.29 is 15.0 Å². The second-order valence-corrected chi connectivity index (χ2v) is 4.37. The van der Waals surface area contributed by atoms with Gasteiger partial charge in [-0.15, -0.1) is 0 Å².